The fourth-order valence-electron chi connectivity index (χ4n) is 3.46. The molecule has 2 heterocycles. The number of piperidine rings is 1. The van der Waals surface area contributed by atoms with E-state index in [4.69, 9.17) is 4.42 Å². The minimum Gasteiger partial charge on any atom is -0.416 e. The van der Waals surface area contributed by atoms with E-state index in [1.54, 1.807) is 0 Å². The number of nitro groups is 2. The van der Waals surface area contributed by atoms with Crippen molar-refractivity contribution < 1.29 is 14.3 Å². The van der Waals surface area contributed by atoms with Crippen LogP contribution in [-0.4, -0.2) is 44.6 Å². The molecule has 162 valence electrons. The molecule has 2 aromatic rings. The summed E-state index contributed by atoms with van der Waals surface area (Å²) in [5.74, 6) is 0.834. The molecule has 0 amide bonds. The normalized spacial score (nSPS) is 14.7. The highest BCUT2D eigenvalue weighted by atomic mass is 32.2. The van der Waals surface area contributed by atoms with Crippen LogP contribution in [0, 0.1) is 20.2 Å². The molecule has 1 fully saturated rings. The molecule has 3 rings (SSSR count). The molecule has 1 aliphatic heterocycles. The molecule has 0 atom stereocenters. The van der Waals surface area contributed by atoms with E-state index in [9.17, 15) is 20.2 Å². The Balaban J connectivity index is 1.43. The Kier molecular flexibility index (Phi) is 8.14. The van der Waals surface area contributed by atoms with Crippen LogP contribution in [0.25, 0.3) is 0 Å². The van der Waals surface area contributed by atoms with Gasteiger partial charge in [-0.15, -0.1) is 10.2 Å². The number of likely N-dealkylation sites (tertiary alicyclic amines) is 1. The SMILES string of the molecule is O=[N+]([O-])c1cc(CSc2nnc(CCCCCN3CCCCC3)o2)cc([N+](=O)[O-])c1. The monoisotopic (exact) mass is 435 g/mol. The third-order valence-electron chi connectivity index (χ3n) is 5.01. The first-order chi connectivity index (χ1) is 14.5. The zero-order chi connectivity index (χ0) is 21.3. The highest BCUT2D eigenvalue weighted by molar-refractivity contribution is 7.98. The molecule has 0 radical (unpaired) electrons. The summed E-state index contributed by atoms with van der Waals surface area (Å²) < 4.78 is 5.62. The number of nitro benzene ring substituents is 2. The number of aromatic nitrogens is 2. The average molecular weight is 436 g/mol. The molecule has 1 aromatic heterocycles. The van der Waals surface area contributed by atoms with Crippen LogP contribution in [0.2, 0.25) is 0 Å². The highest BCUT2D eigenvalue weighted by Gasteiger charge is 2.17. The summed E-state index contributed by atoms with van der Waals surface area (Å²) in [6, 6.07) is 3.59. The van der Waals surface area contributed by atoms with Gasteiger partial charge < -0.3 is 9.32 Å². The first kappa shape index (κ1) is 22.2. The summed E-state index contributed by atoms with van der Waals surface area (Å²) in [6.07, 6.45) is 7.96. The predicted molar refractivity (Wildman–Crippen MR) is 111 cm³/mol. The predicted octanol–water partition coefficient (Wildman–Crippen LogP) is 4.38. The number of benzene rings is 1. The van der Waals surface area contributed by atoms with Gasteiger partial charge in [0.2, 0.25) is 5.89 Å². The second-order valence-corrected chi connectivity index (χ2v) is 8.26. The maximum atomic E-state index is 11.0. The molecule has 0 aliphatic carbocycles. The van der Waals surface area contributed by atoms with Crippen LogP contribution in [0.1, 0.15) is 50.0 Å². The van der Waals surface area contributed by atoms with Gasteiger partial charge in [0.25, 0.3) is 16.6 Å². The Morgan fingerprint density at radius 2 is 1.67 bits per heavy atom. The Labute approximate surface area is 178 Å². The van der Waals surface area contributed by atoms with Gasteiger partial charge in [-0.05, 0) is 50.9 Å². The average Bonchev–Trinajstić information content (AvgIpc) is 3.20. The molecule has 0 spiro atoms. The number of aryl methyl sites for hydroxylation is 1. The number of thioether (sulfide) groups is 1. The van der Waals surface area contributed by atoms with Crippen molar-refractivity contribution in [2.75, 3.05) is 19.6 Å². The van der Waals surface area contributed by atoms with Crippen LogP contribution < -0.4 is 0 Å². The van der Waals surface area contributed by atoms with Gasteiger partial charge in [0.1, 0.15) is 0 Å². The fraction of sp³-hybridized carbons (Fsp3) is 0.579. The largest absolute Gasteiger partial charge is 0.416 e. The molecule has 0 saturated carbocycles. The van der Waals surface area contributed by atoms with Crippen molar-refractivity contribution in [1.29, 1.82) is 0 Å². The second kappa shape index (κ2) is 11.0. The van der Waals surface area contributed by atoms with Crippen LogP contribution in [0.5, 0.6) is 0 Å². The van der Waals surface area contributed by atoms with Gasteiger partial charge in [-0.2, -0.15) is 0 Å². The lowest BCUT2D eigenvalue weighted by Gasteiger charge is -2.26. The van der Waals surface area contributed by atoms with Crippen molar-refractivity contribution in [3.63, 3.8) is 0 Å². The van der Waals surface area contributed by atoms with Gasteiger partial charge in [-0.1, -0.05) is 24.6 Å². The fourth-order valence-corrected chi connectivity index (χ4v) is 4.18. The molecule has 10 nitrogen and oxygen atoms in total. The molecule has 0 N–H and O–H groups in total. The van der Waals surface area contributed by atoms with E-state index in [1.165, 1.54) is 62.7 Å². The zero-order valence-electron chi connectivity index (χ0n) is 16.7. The smallest absolute Gasteiger partial charge is 0.276 e. The summed E-state index contributed by atoms with van der Waals surface area (Å²) in [6.45, 7) is 3.59. The van der Waals surface area contributed by atoms with Crippen LogP contribution in [-0.2, 0) is 12.2 Å². The van der Waals surface area contributed by atoms with E-state index in [0.717, 1.165) is 31.9 Å². The molecule has 11 heteroatoms. The number of rotatable bonds is 11. The number of hydrogen-bond donors (Lipinski definition) is 0. The quantitative estimate of drug-likeness (QED) is 0.218. The first-order valence-corrected chi connectivity index (χ1v) is 11.1. The van der Waals surface area contributed by atoms with E-state index in [0.29, 0.717) is 16.7 Å². The Hall–Kier alpha value is -2.53. The molecular formula is C19H25N5O5S. The minimum atomic E-state index is -0.642. The highest BCUT2D eigenvalue weighted by Crippen LogP contribution is 2.28. The molecular weight excluding hydrogens is 410 g/mol. The maximum Gasteiger partial charge on any atom is 0.276 e. The van der Waals surface area contributed by atoms with Gasteiger partial charge in [0, 0.05) is 24.3 Å². The number of nitrogens with zero attached hydrogens (tertiary/aromatic N) is 5. The van der Waals surface area contributed by atoms with Gasteiger partial charge in [-0.25, -0.2) is 0 Å². The van der Waals surface area contributed by atoms with E-state index in [2.05, 4.69) is 15.1 Å². The molecule has 1 aliphatic rings. The molecule has 1 saturated heterocycles. The Morgan fingerprint density at radius 3 is 2.33 bits per heavy atom. The number of non-ortho nitro benzene ring substituents is 2. The van der Waals surface area contributed by atoms with E-state index in [-0.39, 0.29) is 17.1 Å². The zero-order valence-corrected chi connectivity index (χ0v) is 17.5. The lowest BCUT2D eigenvalue weighted by atomic mass is 10.1. The third-order valence-corrected chi connectivity index (χ3v) is 5.90. The van der Waals surface area contributed by atoms with Crippen LogP contribution in [0.3, 0.4) is 0 Å². The van der Waals surface area contributed by atoms with Crippen molar-refractivity contribution in [3.8, 4) is 0 Å². The lowest BCUT2D eigenvalue weighted by Crippen LogP contribution is -2.30. The Bertz CT molecular complexity index is 837. The summed E-state index contributed by atoms with van der Waals surface area (Å²) in [5, 5.41) is 30.3. The van der Waals surface area contributed by atoms with Crippen LogP contribution in [0.4, 0.5) is 11.4 Å². The summed E-state index contributed by atoms with van der Waals surface area (Å²) >= 11 is 1.21. The first-order valence-electron chi connectivity index (χ1n) is 10.1. The van der Waals surface area contributed by atoms with Crippen molar-refractivity contribution in [2.45, 2.75) is 55.9 Å². The topological polar surface area (TPSA) is 128 Å². The van der Waals surface area contributed by atoms with Crippen LogP contribution >= 0.6 is 11.8 Å². The van der Waals surface area contributed by atoms with Gasteiger partial charge in [0.15, 0.2) is 0 Å². The molecule has 0 unspecified atom stereocenters. The summed E-state index contributed by atoms with van der Waals surface area (Å²) in [4.78, 5) is 23.2. The van der Waals surface area contributed by atoms with Crippen molar-refractivity contribution >= 4 is 23.1 Å². The molecule has 0 bridgehead atoms. The van der Waals surface area contributed by atoms with Crippen molar-refractivity contribution in [1.82, 2.24) is 15.1 Å². The van der Waals surface area contributed by atoms with E-state index in [1.807, 2.05) is 0 Å². The van der Waals surface area contributed by atoms with Crippen molar-refractivity contribution in [3.05, 3.63) is 49.9 Å². The third kappa shape index (κ3) is 6.77. The van der Waals surface area contributed by atoms with E-state index < -0.39 is 9.85 Å². The van der Waals surface area contributed by atoms with Crippen molar-refractivity contribution in [2.24, 2.45) is 0 Å². The molecule has 30 heavy (non-hydrogen) atoms. The maximum absolute atomic E-state index is 11.0. The minimum absolute atomic E-state index is 0.264. The standard InChI is InChI=1S/C19H25N5O5S/c25-23(26)16-11-15(12-17(13-16)24(27)28)14-30-19-21-20-18(29-19)7-3-1-4-8-22-9-5-2-6-10-22/h11-13H,1-10,14H2. The molecule has 1 aromatic carbocycles. The van der Waals surface area contributed by atoms with E-state index >= 15 is 0 Å². The van der Waals surface area contributed by atoms with Gasteiger partial charge in [0.05, 0.1) is 15.9 Å². The Morgan fingerprint density at radius 1 is 0.967 bits per heavy atom. The lowest BCUT2D eigenvalue weighted by molar-refractivity contribution is -0.394. The van der Waals surface area contributed by atoms with Crippen LogP contribution in [0.15, 0.2) is 27.8 Å². The second-order valence-electron chi connectivity index (χ2n) is 7.34. The van der Waals surface area contributed by atoms with Gasteiger partial charge in [-0.3, -0.25) is 20.2 Å². The van der Waals surface area contributed by atoms with Gasteiger partial charge >= 0.3 is 0 Å². The number of hydrogen-bond acceptors (Lipinski definition) is 9. The summed E-state index contributed by atoms with van der Waals surface area (Å²) in [5.41, 5.74) is -0.162. The number of unbranched alkanes of at least 4 members (excludes halogenated alkanes) is 2. The summed E-state index contributed by atoms with van der Waals surface area (Å²) in [7, 11) is 0.